The topological polar surface area (TPSA) is 286 Å². The van der Waals surface area contributed by atoms with Crippen LogP contribution >= 0.6 is 0 Å². The predicted octanol–water partition coefficient (Wildman–Crippen LogP) is -7.29. The fourth-order valence-electron chi connectivity index (χ4n) is 4.86. The maximum absolute atomic E-state index is 11.7. The van der Waals surface area contributed by atoms with Crippen molar-refractivity contribution in [2.24, 2.45) is 0 Å². The molecule has 0 aromatic heterocycles. The molecule has 3 rings (SSSR count). The largest absolute Gasteiger partial charge is 0.394 e. The van der Waals surface area contributed by atoms with Gasteiger partial charge in [-0.15, -0.1) is 0 Å². The van der Waals surface area contributed by atoms with Crippen LogP contribution in [0.4, 0.5) is 0 Å². The lowest BCUT2D eigenvalue weighted by Crippen LogP contribution is -2.69. The number of ether oxygens (including phenoxy) is 5. The molecule has 11 N–H and O–H groups in total. The normalized spacial score (nSPS) is 46.0. The smallest absolute Gasteiger partial charge is 0.217 e. The van der Waals surface area contributed by atoms with Gasteiger partial charge < -0.3 is 80.3 Å². The average Bonchev–Trinajstić information content (AvgIpc) is 2.90. The summed E-state index contributed by atoms with van der Waals surface area (Å²) < 4.78 is 27.5. The highest BCUT2D eigenvalue weighted by atomic mass is 16.7. The number of aliphatic hydroxyl groups excluding tert-OH is 9. The van der Waals surface area contributed by atoms with Crippen LogP contribution < -0.4 is 10.6 Å². The van der Waals surface area contributed by atoms with E-state index in [0.29, 0.717) is 0 Å². The molecular weight excluding hydrogens is 548 g/mol. The molecule has 15 atom stereocenters. The number of aliphatic hydroxyl groups is 9. The molecule has 3 aliphatic rings. The third-order valence-electron chi connectivity index (χ3n) is 6.90. The minimum Gasteiger partial charge on any atom is -0.394 e. The minimum atomic E-state index is -1.92. The Morgan fingerprint density at radius 3 is 1.65 bits per heavy atom. The average molecular weight is 587 g/mol. The zero-order valence-electron chi connectivity index (χ0n) is 21.7. The van der Waals surface area contributed by atoms with Gasteiger partial charge in [0.1, 0.15) is 73.1 Å². The lowest BCUT2D eigenvalue weighted by molar-refractivity contribution is -0.367. The molecule has 0 bridgehead atoms. The van der Waals surface area contributed by atoms with Crippen LogP contribution in [0.1, 0.15) is 13.8 Å². The van der Waals surface area contributed by atoms with Crippen molar-refractivity contribution in [3.8, 4) is 0 Å². The molecule has 0 spiro atoms. The number of rotatable bonds is 9. The minimum absolute atomic E-state index is 0.631. The Hall–Kier alpha value is -1.62. The molecule has 3 saturated heterocycles. The van der Waals surface area contributed by atoms with E-state index in [-0.39, 0.29) is 0 Å². The highest BCUT2D eigenvalue weighted by Crippen LogP contribution is 2.32. The molecule has 3 fully saturated rings. The molecule has 0 aromatic carbocycles. The van der Waals surface area contributed by atoms with Crippen molar-refractivity contribution in [3.63, 3.8) is 0 Å². The molecular formula is C22H38N2O16. The third-order valence-corrected chi connectivity index (χ3v) is 6.90. The molecule has 0 saturated carbocycles. The van der Waals surface area contributed by atoms with Gasteiger partial charge in [0, 0.05) is 13.8 Å². The van der Waals surface area contributed by atoms with Crippen LogP contribution in [0.15, 0.2) is 0 Å². The van der Waals surface area contributed by atoms with Crippen LogP contribution in [-0.4, -0.2) is 170 Å². The van der Waals surface area contributed by atoms with Gasteiger partial charge in [-0.1, -0.05) is 0 Å². The van der Waals surface area contributed by atoms with Crippen LogP contribution in [0.25, 0.3) is 0 Å². The summed E-state index contributed by atoms with van der Waals surface area (Å²) in [5, 5.41) is 97.2. The summed E-state index contributed by atoms with van der Waals surface area (Å²) in [5.74, 6) is -1.29. The summed E-state index contributed by atoms with van der Waals surface area (Å²) in [5.41, 5.74) is 0. The van der Waals surface area contributed by atoms with E-state index in [1.807, 2.05) is 0 Å². The van der Waals surface area contributed by atoms with Gasteiger partial charge in [-0.3, -0.25) is 9.59 Å². The Morgan fingerprint density at radius 2 is 1.10 bits per heavy atom. The number of nitrogens with one attached hydrogen (secondary N) is 2. The first kappa shape index (κ1) is 32.9. The Labute approximate surface area is 228 Å². The zero-order valence-corrected chi connectivity index (χ0v) is 21.7. The highest BCUT2D eigenvalue weighted by Gasteiger charge is 2.54. The molecule has 0 aliphatic carbocycles. The quantitative estimate of drug-likeness (QED) is 0.120. The van der Waals surface area contributed by atoms with Crippen molar-refractivity contribution >= 4 is 11.8 Å². The van der Waals surface area contributed by atoms with Gasteiger partial charge in [0.2, 0.25) is 11.8 Å². The predicted molar refractivity (Wildman–Crippen MR) is 124 cm³/mol. The van der Waals surface area contributed by atoms with Crippen LogP contribution in [-0.2, 0) is 33.3 Å². The molecule has 40 heavy (non-hydrogen) atoms. The number of amides is 2. The lowest BCUT2D eigenvalue weighted by Gasteiger charge is -2.48. The molecule has 18 nitrogen and oxygen atoms in total. The number of hydrogen-bond donors (Lipinski definition) is 11. The summed E-state index contributed by atoms with van der Waals surface area (Å²) in [6.45, 7) is -0.140. The summed E-state index contributed by atoms with van der Waals surface area (Å²) >= 11 is 0. The van der Waals surface area contributed by atoms with Gasteiger partial charge in [0.15, 0.2) is 18.9 Å². The van der Waals surface area contributed by atoms with Gasteiger partial charge in [-0.05, 0) is 0 Å². The van der Waals surface area contributed by atoms with Gasteiger partial charge >= 0.3 is 0 Å². The van der Waals surface area contributed by atoms with Crippen molar-refractivity contribution in [2.75, 3.05) is 19.8 Å². The van der Waals surface area contributed by atoms with E-state index >= 15 is 0 Å². The van der Waals surface area contributed by atoms with Crippen molar-refractivity contribution in [1.82, 2.24) is 10.6 Å². The van der Waals surface area contributed by atoms with Crippen molar-refractivity contribution < 1.29 is 79.2 Å². The van der Waals surface area contributed by atoms with Crippen LogP contribution in [0.2, 0.25) is 0 Å². The maximum atomic E-state index is 11.7. The van der Waals surface area contributed by atoms with E-state index in [9.17, 15) is 55.5 Å². The Morgan fingerprint density at radius 1 is 0.600 bits per heavy atom. The van der Waals surface area contributed by atoms with Gasteiger partial charge in [-0.25, -0.2) is 0 Å². The zero-order chi connectivity index (χ0) is 29.9. The van der Waals surface area contributed by atoms with E-state index in [2.05, 4.69) is 10.6 Å². The molecule has 2 amide bonds. The summed E-state index contributed by atoms with van der Waals surface area (Å²) in [7, 11) is 0. The van der Waals surface area contributed by atoms with Crippen molar-refractivity contribution in [3.05, 3.63) is 0 Å². The molecule has 0 aromatic rings. The van der Waals surface area contributed by atoms with Gasteiger partial charge in [0.25, 0.3) is 0 Å². The molecule has 0 radical (unpaired) electrons. The molecule has 18 heteroatoms. The second kappa shape index (κ2) is 14.0. The molecule has 1 unspecified atom stereocenters. The Kier molecular flexibility index (Phi) is 11.5. The van der Waals surface area contributed by atoms with Crippen molar-refractivity contribution in [1.29, 1.82) is 0 Å². The highest BCUT2D eigenvalue weighted by molar-refractivity contribution is 5.73. The fourth-order valence-corrected chi connectivity index (χ4v) is 4.86. The second-order valence-electron chi connectivity index (χ2n) is 9.81. The fraction of sp³-hybridized carbons (Fsp3) is 0.909. The lowest BCUT2D eigenvalue weighted by atomic mass is 9.94. The molecule has 3 heterocycles. The SMILES string of the molecule is CC(=O)N[C@H]1[C@H](O[C@H]2[C@@H](O)[C@@H](CO)O[C@@H](O[C@H]3[C@H](O)[C@@H](NC(C)=O)C(O)O[C@@H]3CO)[C@@H]2O)O[C@H](CO)[C@@H](O)[C@@H]1O. The molecule has 232 valence electrons. The number of carbonyl (C=O) groups excluding carboxylic acids is 2. The Balaban J connectivity index is 1.85. The Bertz CT molecular complexity index is 854. The van der Waals surface area contributed by atoms with Gasteiger partial charge in [0.05, 0.1) is 19.8 Å². The van der Waals surface area contributed by atoms with E-state index in [1.165, 1.54) is 0 Å². The van der Waals surface area contributed by atoms with Gasteiger partial charge in [-0.2, -0.15) is 0 Å². The van der Waals surface area contributed by atoms with E-state index < -0.39 is 124 Å². The first-order valence-corrected chi connectivity index (χ1v) is 12.6. The standard InChI is InChI=1S/C22H38N2O16/c1-6(28)23-11-16(33)18(10(5-27)36-20(11)35)39-22-17(34)19(14(31)9(4-26)38-22)40-21-12(24-7(2)29)15(32)13(30)8(3-25)37-21/h8-22,25-27,30-35H,3-5H2,1-2H3,(H,23,28)(H,24,29)/t8-,9-,10-,11-,12-,13-,14+,15-,16-,17-,18-,19+,20?,21+,22+/m1/s1. The maximum Gasteiger partial charge on any atom is 0.217 e. The first-order chi connectivity index (χ1) is 18.8. The van der Waals surface area contributed by atoms with Crippen LogP contribution in [0, 0.1) is 0 Å². The van der Waals surface area contributed by atoms with E-state index in [0.717, 1.165) is 13.8 Å². The molecule has 3 aliphatic heterocycles. The number of carbonyl (C=O) groups is 2. The second-order valence-corrected chi connectivity index (χ2v) is 9.81. The summed E-state index contributed by atoms with van der Waals surface area (Å²) in [6.07, 6.45) is -21.4. The summed E-state index contributed by atoms with van der Waals surface area (Å²) in [4.78, 5) is 23.3. The number of hydrogen-bond acceptors (Lipinski definition) is 16. The van der Waals surface area contributed by atoms with Crippen molar-refractivity contribution in [2.45, 2.75) is 106 Å². The first-order valence-electron chi connectivity index (χ1n) is 12.6. The summed E-state index contributed by atoms with van der Waals surface area (Å²) in [6, 6.07) is -2.84. The monoisotopic (exact) mass is 586 g/mol. The van der Waals surface area contributed by atoms with Crippen LogP contribution in [0.3, 0.4) is 0 Å². The van der Waals surface area contributed by atoms with E-state index in [1.54, 1.807) is 0 Å². The third kappa shape index (κ3) is 7.05. The van der Waals surface area contributed by atoms with E-state index in [4.69, 9.17) is 23.7 Å². The van der Waals surface area contributed by atoms with Crippen LogP contribution in [0.5, 0.6) is 0 Å².